The summed E-state index contributed by atoms with van der Waals surface area (Å²) in [5.41, 5.74) is -1.07. The number of likely N-dealkylation sites (tertiary alicyclic amines) is 1. The van der Waals surface area contributed by atoms with Crippen molar-refractivity contribution in [2.24, 2.45) is 0 Å². The van der Waals surface area contributed by atoms with Crippen molar-refractivity contribution < 1.29 is 38.0 Å². The van der Waals surface area contributed by atoms with E-state index in [1.165, 1.54) is 23.5 Å². The van der Waals surface area contributed by atoms with E-state index in [4.69, 9.17) is 4.74 Å². The minimum Gasteiger partial charge on any atom is -0.394 e. The molecule has 2 saturated heterocycles. The van der Waals surface area contributed by atoms with Crippen LogP contribution in [0.2, 0.25) is 0 Å². The Bertz CT molecular complexity index is 1270. The largest absolute Gasteiger partial charge is 0.394 e. The zero-order chi connectivity index (χ0) is 26.3. The molecule has 1 amide bonds. The molecule has 0 bridgehead atoms. The van der Waals surface area contributed by atoms with Crippen LogP contribution < -0.4 is 0 Å². The van der Waals surface area contributed by atoms with Gasteiger partial charge in [0, 0.05) is 30.1 Å². The number of hydrogen-bond donors (Lipinski definition) is 3. The molecule has 3 N–H and O–H groups in total. The zero-order valence-electron chi connectivity index (χ0n) is 19.4. The molecule has 37 heavy (non-hydrogen) atoms. The third kappa shape index (κ3) is 4.48. The smallest absolute Gasteiger partial charge is 0.254 e. The van der Waals surface area contributed by atoms with Crippen LogP contribution in [0.5, 0.6) is 0 Å². The Morgan fingerprint density at radius 2 is 1.86 bits per heavy atom. The minimum atomic E-state index is -1.62. The predicted octanol–water partition coefficient (Wildman–Crippen LogP) is 1.09. The summed E-state index contributed by atoms with van der Waals surface area (Å²) in [4.78, 5) is 18.5. The predicted molar refractivity (Wildman–Crippen MR) is 120 cm³/mol. The number of aromatic nitrogens is 4. The number of aliphatic hydroxyl groups is 3. The number of rotatable bonds is 4. The van der Waals surface area contributed by atoms with Crippen molar-refractivity contribution in [1.82, 2.24) is 24.9 Å². The van der Waals surface area contributed by atoms with Crippen molar-refractivity contribution in [1.29, 1.82) is 0 Å². The van der Waals surface area contributed by atoms with Crippen LogP contribution in [0.3, 0.4) is 0 Å². The van der Waals surface area contributed by atoms with Crippen molar-refractivity contribution in [2.45, 2.75) is 42.8 Å². The molecule has 196 valence electrons. The molecule has 1 aromatic carbocycles. The number of nitrogens with zero attached hydrogens (tertiary/aromatic N) is 5. The lowest BCUT2D eigenvalue weighted by molar-refractivity contribution is -0.266. The average molecular weight is 519 g/mol. The number of amides is 1. The summed E-state index contributed by atoms with van der Waals surface area (Å²) in [5.74, 6) is -4.72. The van der Waals surface area contributed by atoms with Crippen LogP contribution in [-0.4, -0.2) is 89.7 Å². The van der Waals surface area contributed by atoms with Crippen molar-refractivity contribution in [3.05, 3.63) is 65.9 Å². The number of halogens is 3. The first-order chi connectivity index (χ1) is 17.7. The third-order valence-corrected chi connectivity index (χ3v) is 6.96. The SMILES string of the molecule is O=C(c1ccncc1)N1CCC[C@]2(C1)O[C@H](CO)[C@H](O)[C@H](n1cc(-c3cc(F)c(F)c(F)c3)nn1)[C@H]2O. The van der Waals surface area contributed by atoms with Crippen LogP contribution >= 0.6 is 0 Å². The summed E-state index contributed by atoms with van der Waals surface area (Å²) in [6.45, 7) is -0.198. The highest BCUT2D eigenvalue weighted by molar-refractivity contribution is 5.94. The molecule has 2 aliphatic heterocycles. The average Bonchev–Trinajstić information content (AvgIpc) is 3.39. The zero-order valence-corrected chi connectivity index (χ0v) is 19.4. The van der Waals surface area contributed by atoms with Gasteiger partial charge in [0.15, 0.2) is 17.5 Å². The Balaban J connectivity index is 1.46. The van der Waals surface area contributed by atoms with Gasteiger partial charge in [0.1, 0.15) is 35.6 Å². The first kappa shape index (κ1) is 25.3. The second-order valence-corrected chi connectivity index (χ2v) is 9.23. The maximum absolute atomic E-state index is 13.7. The molecule has 4 heterocycles. The van der Waals surface area contributed by atoms with Gasteiger partial charge in [-0.2, -0.15) is 0 Å². The number of carbonyl (C=O) groups is 1. The first-order valence-electron chi connectivity index (χ1n) is 11.6. The van der Waals surface area contributed by atoms with Gasteiger partial charge in [-0.25, -0.2) is 17.9 Å². The number of pyridine rings is 1. The fourth-order valence-corrected chi connectivity index (χ4v) is 5.10. The lowest BCUT2D eigenvalue weighted by Gasteiger charge is -2.53. The molecule has 5 atom stereocenters. The molecule has 0 aliphatic carbocycles. The molecule has 3 aromatic rings. The second kappa shape index (κ2) is 9.82. The third-order valence-electron chi connectivity index (χ3n) is 6.96. The van der Waals surface area contributed by atoms with Crippen LogP contribution in [0.25, 0.3) is 11.3 Å². The fraction of sp³-hybridized carbons (Fsp3) is 0.417. The number of aliphatic hydroxyl groups excluding tert-OH is 3. The number of carbonyl (C=O) groups excluding carboxylic acids is 1. The summed E-state index contributed by atoms with van der Waals surface area (Å²) in [6.07, 6.45) is 1.07. The molecule has 5 rings (SSSR count). The minimum absolute atomic E-state index is 0.0228. The van der Waals surface area contributed by atoms with Crippen molar-refractivity contribution >= 4 is 5.91 Å². The van der Waals surface area contributed by atoms with Gasteiger partial charge in [0.25, 0.3) is 5.91 Å². The van der Waals surface area contributed by atoms with E-state index in [-0.39, 0.29) is 23.7 Å². The van der Waals surface area contributed by atoms with Crippen LogP contribution in [-0.2, 0) is 4.74 Å². The van der Waals surface area contributed by atoms with E-state index in [2.05, 4.69) is 15.3 Å². The summed E-state index contributed by atoms with van der Waals surface area (Å²) in [7, 11) is 0. The number of benzene rings is 1. The Morgan fingerprint density at radius 1 is 1.16 bits per heavy atom. The molecule has 13 heteroatoms. The van der Waals surface area contributed by atoms with Gasteiger partial charge in [-0.15, -0.1) is 5.10 Å². The highest BCUT2D eigenvalue weighted by Crippen LogP contribution is 2.42. The van der Waals surface area contributed by atoms with Gasteiger partial charge in [0.05, 0.1) is 19.3 Å². The second-order valence-electron chi connectivity index (χ2n) is 9.23. The Labute approximate surface area is 208 Å². The molecule has 0 saturated carbocycles. The Morgan fingerprint density at radius 3 is 2.54 bits per heavy atom. The first-order valence-corrected chi connectivity index (χ1v) is 11.6. The lowest BCUT2D eigenvalue weighted by Crippen LogP contribution is -2.68. The van der Waals surface area contributed by atoms with Gasteiger partial charge >= 0.3 is 0 Å². The van der Waals surface area contributed by atoms with Gasteiger partial charge in [0.2, 0.25) is 0 Å². The maximum Gasteiger partial charge on any atom is 0.254 e. The standard InChI is InChI=1S/C24H24F3N5O5/c25-15-8-14(9-16(26)19(15)27)17-10-32(30-29-17)20-21(34)18(11-33)37-24(22(20)35)4-1-7-31(12-24)23(36)13-2-5-28-6-3-13/h2-3,5-6,8-10,18,20-22,33-35H,1,4,7,11-12H2/t18-,20+,21+,22-,24-/m1/s1. The highest BCUT2D eigenvalue weighted by Gasteiger charge is 2.56. The van der Waals surface area contributed by atoms with Crippen LogP contribution in [0.1, 0.15) is 29.2 Å². The van der Waals surface area contributed by atoms with E-state index in [0.29, 0.717) is 24.9 Å². The lowest BCUT2D eigenvalue weighted by atomic mass is 9.78. The van der Waals surface area contributed by atoms with Crippen molar-refractivity contribution in [3.63, 3.8) is 0 Å². The highest BCUT2D eigenvalue weighted by atomic mass is 19.2. The summed E-state index contributed by atoms with van der Waals surface area (Å²) >= 11 is 0. The molecular weight excluding hydrogens is 495 g/mol. The normalized spacial score (nSPS) is 28.0. The molecule has 2 aliphatic rings. The molecule has 2 aromatic heterocycles. The molecule has 2 fully saturated rings. The monoisotopic (exact) mass is 519 g/mol. The van der Waals surface area contributed by atoms with Crippen LogP contribution in [0.15, 0.2) is 42.9 Å². The molecule has 0 unspecified atom stereocenters. The van der Waals surface area contributed by atoms with E-state index in [0.717, 1.165) is 16.8 Å². The molecule has 1 spiro atoms. The Kier molecular flexibility index (Phi) is 6.70. The van der Waals surface area contributed by atoms with Crippen LogP contribution in [0, 0.1) is 17.5 Å². The van der Waals surface area contributed by atoms with E-state index in [1.54, 1.807) is 12.1 Å². The topological polar surface area (TPSA) is 134 Å². The maximum atomic E-state index is 13.7. The summed E-state index contributed by atoms with van der Waals surface area (Å²) in [6, 6.07) is 3.47. The number of piperidine rings is 1. The van der Waals surface area contributed by atoms with E-state index >= 15 is 0 Å². The van der Waals surface area contributed by atoms with Gasteiger partial charge in [-0.3, -0.25) is 9.78 Å². The molecular formula is C24H24F3N5O5. The van der Waals surface area contributed by atoms with Crippen molar-refractivity contribution in [3.8, 4) is 11.3 Å². The number of hydrogen-bond acceptors (Lipinski definition) is 8. The van der Waals surface area contributed by atoms with Crippen molar-refractivity contribution in [2.75, 3.05) is 19.7 Å². The summed E-state index contributed by atoms with van der Waals surface area (Å²) < 4.78 is 48.0. The quantitative estimate of drug-likeness (QED) is 0.437. The fourth-order valence-electron chi connectivity index (χ4n) is 5.10. The van der Waals surface area contributed by atoms with E-state index in [9.17, 15) is 33.3 Å². The molecule has 0 radical (unpaired) electrons. The van der Waals surface area contributed by atoms with Gasteiger partial charge < -0.3 is 25.0 Å². The van der Waals surface area contributed by atoms with Crippen LogP contribution in [0.4, 0.5) is 13.2 Å². The molecule has 10 nitrogen and oxygen atoms in total. The van der Waals surface area contributed by atoms with E-state index < -0.39 is 54.0 Å². The van der Waals surface area contributed by atoms with Gasteiger partial charge in [-0.1, -0.05) is 5.21 Å². The van der Waals surface area contributed by atoms with Gasteiger partial charge in [-0.05, 0) is 37.1 Å². The Hall–Kier alpha value is -3.39. The van der Waals surface area contributed by atoms with E-state index in [1.807, 2.05) is 0 Å². The number of ether oxygens (including phenoxy) is 1. The summed E-state index contributed by atoms with van der Waals surface area (Å²) in [5, 5.41) is 40.1.